The number of rotatable bonds is 6. The number of nitrogens with zero attached hydrogens (tertiary/aromatic N) is 4. The Morgan fingerprint density at radius 3 is 2.88 bits per heavy atom. The Labute approximate surface area is 141 Å². The molecule has 2 aromatic rings. The van der Waals surface area contributed by atoms with Gasteiger partial charge in [0.1, 0.15) is 0 Å². The van der Waals surface area contributed by atoms with Crippen LogP contribution in [0.25, 0.3) is 0 Å². The van der Waals surface area contributed by atoms with Crippen molar-refractivity contribution in [2.24, 2.45) is 0 Å². The van der Waals surface area contributed by atoms with E-state index in [0.29, 0.717) is 6.54 Å². The predicted octanol–water partition coefficient (Wildman–Crippen LogP) is 0.917. The summed E-state index contributed by atoms with van der Waals surface area (Å²) < 4.78 is 28.9. The number of nitrogens with one attached hydrogen (secondary N) is 1. The summed E-state index contributed by atoms with van der Waals surface area (Å²) in [6.45, 7) is 2.75. The molecule has 0 spiro atoms. The van der Waals surface area contributed by atoms with Gasteiger partial charge in [-0.25, -0.2) is 13.1 Å². The first-order valence-electron chi connectivity index (χ1n) is 8.24. The van der Waals surface area contributed by atoms with Gasteiger partial charge in [0.2, 0.25) is 10.0 Å². The first-order valence-corrected chi connectivity index (χ1v) is 9.78. The van der Waals surface area contributed by atoms with Crippen LogP contribution in [-0.2, 0) is 23.1 Å². The average Bonchev–Trinajstić information content (AvgIpc) is 3.34. The molecule has 2 aromatic heterocycles. The number of aromatic nitrogens is 3. The topological polar surface area (TPSA) is 80.1 Å². The van der Waals surface area contributed by atoms with Crippen LogP contribution in [0.15, 0.2) is 36.8 Å². The van der Waals surface area contributed by atoms with Gasteiger partial charge < -0.3 is 0 Å². The summed E-state index contributed by atoms with van der Waals surface area (Å²) in [4.78, 5) is 6.47. The van der Waals surface area contributed by atoms with Gasteiger partial charge in [0.05, 0.1) is 17.0 Å². The van der Waals surface area contributed by atoms with Crippen LogP contribution in [0.1, 0.15) is 30.1 Å². The molecule has 1 atom stereocenters. The Kier molecular flexibility index (Phi) is 4.11. The maximum Gasteiger partial charge on any atom is 0.214 e. The van der Waals surface area contributed by atoms with Crippen molar-refractivity contribution in [3.05, 3.63) is 48.0 Å². The van der Waals surface area contributed by atoms with Crippen LogP contribution in [0.2, 0.25) is 0 Å². The number of hydrogen-bond acceptors (Lipinski definition) is 5. The molecule has 7 nitrogen and oxygen atoms in total. The standard InChI is InChI=1S/C16H21N5O2S/c22-24(23,16-3-4-16)19-9-15-12-20(10-13-2-1-6-17-8-13)11-14-5-7-18-21(14)15/h1-2,5-8,15-16,19H,3-4,9-12H2. The summed E-state index contributed by atoms with van der Waals surface area (Å²) in [5.41, 5.74) is 2.27. The Bertz CT molecular complexity index is 801. The van der Waals surface area contributed by atoms with Crippen molar-refractivity contribution in [1.82, 2.24) is 24.4 Å². The second-order valence-electron chi connectivity index (χ2n) is 6.54. The van der Waals surface area contributed by atoms with Gasteiger partial charge in [0.15, 0.2) is 0 Å². The van der Waals surface area contributed by atoms with E-state index in [9.17, 15) is 8.42 Å². The largest absolute Gasteiger partial charge is 0.291 e. The van der Waals surface area contributed by atoms with E-state index in [-0.39, 0.29) is 11.3 Å². The van der Waals surface area contributed by atoms with E-state index in [1.54, 1.807) is 12.4 Å². The third-order valence-corrected chi connectivity index (χ3v) is 6.48. The van der Waals surface area contributed by atoms with Gasteiger partial charge >= 0.3 is 0 Å². The lowest BCUT2D eigenvalue weighted by atomic mass is 10.1. The van der Waals surface area contributed by atoms with Crippen LogP contribution in [0, 0.1) is 0 Å². The van der Waals surface area contributed by atoms with Crippen molar-refractivity contribution < 1.29 is 8.42 Å². The second-order valence-corrected chi connectivity index (χ2v) is 8.59. The summed E-state index contributed by atoms with van der Waals surface area (Å²) in [6, 6.07) is 6.00. The van der Waals surface area contributed by atoms with Crippen molar-refractivity contribution in [2.75, 3.05) is 13.1 Å². The highest BCUT2D eigenvalue weighted by atomic mass is 32.2. The zero-order chi connectivity index (χ0) is 16.6. The van der Waals surface area contributed by atoms with E-state index in [0.717, 1.165) is 43.7 Å². The van der Waals surface area contributed by atoms with Gasteiger partial charge in [-0.3, -0.25) is 14.6 Å². The Hall–Kier alpha value is -1.77. The van der Waals surface area contributed by atoms with E-state index >= 15 is 0 Å². The highest BCUT2D eigenvalue weighted by Crippen LogP contribution is 2.28. The number of hydrogen-bond donors (Lipinski definition) is 1. The third-order valence-electron chi connectivity index (χ3n) is 4.57. The first kappa shape index (κ1) is 15.7. The van der Waals surface area contributed by atoms with Gasteiger partial charge in [-0.1, -0.05) is 6.07 Å². The molecule has 0 saturated heterocycles. The number of pyridine rings is 1. The SMILES string of the molecule is O=S(=O)(NCC1CN(Cc2cccnc2)Cc2ccnn21)C1CC1. The Balaban J connectivity index is 1.47. The van der Waals surface area contributed by atoms with Crippen molar-refractivity contribution in [2.45, 2.75) is 37.2 Å². The molecule has 128 valence electrons. The van der Waals surface area contributed by atoms with Gasteiger partial charge in [0, 0.05) is 44.8 Å². The molecule has 2 aliphatic rings. The molecule has 24 heavy (non-hydrogen) atoms. The van der Waals surface area contributed by atoms with Crippen molar-refractivity contribution in [3.63, 3.8) is 0 Å². The lowest BCUT2D eigenvalue weighted by molar-refractivity contribution is 0.168. The molecule has 0 aromatic carbocycles. The highest BCUT2D eigenvalue weighted by molar-refractivity contribution is 7.90. The van der Waals surface area contributed by atoms with Crippen molar-refractivity contribution in [3.8, 4) is 0 Å². The van der Waals surface area contributed by atoms with Crippen molar-refractivity contribution in [1.29, 1.82) is 0 Å². The summed E-state index contributed by atoms with van der Waals surface area (Å²) in [7, 11) is -3.17. The predicted molar refractivity (Wildman–Crippen MR) is 89.6 cm³/mol. The van der Waals surface area contributed by atoms with E-state index in [2.05, 4.69) is 25.8 Å². The molecule has 0 amide bonds. The Morgan fingerprint density at radius 2 is 2.12 bits per heavy atom. The maximum atomic E-state index is 12.1. The highest BCUT2D eigenvalue weighted by Gasteiger charge is 2.36. The van der Waals surface area contributed by atoms with Gasteiger partial charge in [0.25, 0.3) is 0 Å². The Morgan fingerprint density at radius 1 is 1.25 bits per heavy atom. The quantitative estimate of drug-likeness (QED) is 0.840. The van der Waals surface area contributed by atoms with Crippen molar-refractivity contribution >= 4 is 10.0 Å². The molecule has 1 unspecified atom stereocenters. The van der Waals surface area contributed by atoms with Crippen LogP contribution in [0.4, 0.5) is 0 Å². The van der Waals surface area contributed by atoms with E-state index in [1.807, 2.05) is 23.0 Å². The molecule has 4 rings (SSSR count). The smallest absolute Gasteiger partial charge is 0.214 e. The minimum atomic E-state index is -3.17. The van der Waals surface area contributed by atoms with Gasteiger partial charge in [-0.15, -0.1) is 0 Å². The molecule has 1 aliphatic heterocycles. The maximum absolute atomic E-state index is 12.1. The van der Waals surface area contributed by atoms with Gasteiger partial charge in [-0.05, 0) is 30.5 Å². The molecule has 1 aliphatic carbocycles. The molecular formula is C16H21N5O2S. The number of fused-ring (bicyclic) bond motifs is 1. The minimum Gasteiger partial charge on any atom is -0.291 e. The first-order chi connectivity index (χ1) is 11.6. The fraction of sp³-hybridized carbons (Fsp3) is 0.500. The summed E-state index contributed by atoms with van der Waals surface area (Å²) in [5.74, 6) is 0. The lowest BCUT2D eigenvalue weighted by Gasteiger charge is -2.34. The lowest BCUT2D eigenvalue weighted by Crippen LogP contribution is -2.43. The monoisotopic (exact) mass is 347 g/mol. The zero-order valence-corrected chi connectivity index (χ0v) is 14.2. The molecule has 1 saturated carbocycles. The summed E-state index contributed by atoms with van der Waals surface area (Å²) in [5, 5.41) is 4.19. The van der Waals surface area contributed by atoms with Gasteiger partial charge in [-0.2, -0.15) is 5.10 Å². The molecule has 8 heteroatoms. The summed E-state index contributed by atoms with van der Waals surface area (Å²) in [6.07, 6.45) is 6.98. The fourth-order valence-corrected chi connectivity index (χ4v) is 4.61. The van der Waals surface area contributed by atoms with E-state index in [1.165, 1.54) is 0 Å². The second kappa shape index (κ2) is 6.27. The van der Waals surface area contributed by atoms with Crippen LogP contribution < -0.4 is 4.72 Å². The van der Waals surface area contributed by atoms with Crippen LogP contribution >= 0.6 is 0 Å². The molecule has 0 bridgehead atoms. The minimum absolute atomic E-state index is 0.00828. The van der Waals surface area contributed by atoms with Crippen LogP contribution in [-0.4, -0.2) is 46.4 Å². The van der Waals surface area contributed by atoms with E-state index in [4.69, 9.17) is 0 Å². The zero-order valence-electron chi connectivity index (χ0n) is 13.4. The molecule has 0 radical (unpaired) electrons. The third kappa shape index (κ3) is 3.35. The number of sulfonamides is 1. The molecule has 1 fully saturated rings. The van der Waals surface area contributed by atoms with Crippen LogP contribution in [0.5, 0.6) is 0 Å². The van der Waals surface area contributed by atoms with E-state index < -0.39 is 10.0 Å². The average molecular weight is 347 g/mol. The molecule has 1 N–H and O–H groups in total. The fourth-order valence-electron chi connectivity index (χ4n) is 3.19. The molecule has 3 heterocycles. The summed E-state index contributed by atoms with van der Waals surface area (Å²) >= 11 is 0. The van der Waals surface area contributed by atoms with Crippen LogP contribution in [0.3, 0.4) is 0 Å². The molecular weight excluding hydrogens is 326 g/mol. The normalized spacial score (nSPS) is 21.6.